The van der Waals surface area contributed by atoms with Gasteiger partial charge in [0.05, 0.1) is 11.0 Å². The number of ether oxygens (including phenoxy) is 1. The first kappa shape index (κ1) is 18.8. The molecule has 1 aliphatic carbocycles. The molecule has 0 unspecified atom stereocenters. The normalized spacial score (nSPS) is 17.6. The molecule has 3 rings (SSSR count). The summed E-state index contributed by atoms with van der Waals surface area (Å²) in [5.74, 6) is -0.639. The van der Waals surface area contributed by atoms with Crippen molar-refractivity contribution >= 4 is 26.7 Å². The average Bonchev–Trinajstić information content (AvgIpc) is 2.89. The first-order chi connectivity index (χ1) is 12.5. The van der Waals surface area contributed by atoms with E-state index in [1.54, 1.807) is 31.3 Å². The molecule has 1 atom stereocenters. The molecule has 1 aromatic heterocycles. The molecule has 26 heavy (non-hydrogen) atoms. The number of aromatic nitrogens is 1. The van der Waals surface area contributed by atoms with E-state index in [0.29, 0.717) is 10.8 Å². The summed E-state index contributed by atoms with van der Waals surface area (Å²) in [6.45, 7) is 1.60. The van der Waals surface area contributed by atoms with Crippen LogP contribution in [-0.4, -0.2) is 31.5 Å². The first-order valence-corrected chi connectivity index (χ1v) is 10.5. The fourth-order valence-electron chi connectivity index (χ4n) is 3.33. The van der Waals surface area contributed by atoms with Crippen molar-refractivity contribution in [3.8, 4) is 0 Å². The molecule has 0 bridgehead atoms. The second-order valence-corrected chi connectivity index (χ2v) is 8.37. The predicted octanol–water partition coefficient (Wildman–Crippen LogP) is 3.17. The summed E-state index contributed by atoms with van der Waals surface area (Å²) in [4.78, 5) is 16.5. The van der Waals surface area contributed by atoms with Gasteiger partial charge in [-0.25, -0.2) is 13.1 Å². The summed E-state index contributed by atoms with van der Waals surface area (Å²) in [6, 6.07) is 6.52. The van der Waals surface area contributed by atoms with Crippen LogP contribution in [-0.2, 0) is 19.6 Å². The van der Waals surface area contributed by atoms with Crippen molar-refractivity contribution < 1.29 is 17.9 Å². The Kier molecular flexibility index (Phi) is 5.88. The molecule has 7 heteroatoms. The van der Waals surface area contributed by atoms with Gasteiger partial charge in [0.2, 0.25) is 0 Å². The molecule has 1 heterocycles. The van der Waals surface area contributed by atoms with E-state index < -0.39 is 22.0 Å². The Balaban J connectivity index is 1.72. The number of pyridine rings is 1. The van der Waals surface area contributed by atoms with E-state index in [1.807, 2.05) is 0 Å². The molecule has 1 aromatic carbocycles. The van der Waals surface area contributed by atoms with Crippen LogP contribution in [0, 0.1) is 0 Å². The Hall–Kier alpha value is -1.99. The highest BCUT2D eigenvalue weighted by molar-refractivity contribution is 7.90. The number of hydrogen-bond acceptors (Lipinski definition) is 5. The van der Waals surface area contributed by atoms with Crippen molar-refractivity contribution in [2.45, 2.75) is 62.6 Å². The molecule has 0 radical (unpaired) electrons. The minimum atomic E-state index is -3.99. The smallest absolute Gasteiger partial charge is 0.264 e. The highest BCUT2D eigenvalue weighted by Crippen LogP contribution is 2.23. The lowest BCUT2D eigenvalue weighted by molar-refractivity contribution is -0.133. The van der Waals surface area contributed by atoms with E-state index in [4.69, 9.17) is 4.74 Å². The lowest BCUT2D eigenvalue weighted by atomic mass is 10.1. The van der Waals surface area contributed by atoms with Crippen LogP contribution in [0.2, 0.25) is 0 Å². The SMILES string of the molecule is C[C@H](OC1CCCCCC1)C(=O)NS(=O)(=O)c1cccc2cnccc12. The Labute approximate surface area is 154 Å². The van der Waals surface area contributed by atoms with E-state index >= 15 is 0 Å². The number of carbonyl (C=O) groups excluding carboxylic acids is 1. The molecule has 140 valence electrons. The van der Waals surface area contributed by atoms with Crippen molar-refractivity contribution in [1.29, 1.82) is 0 Å². The van der Waals surface area contributed by atoms with Crippen LogP contribution < -0.4 is 4.72 Å². The van der Waals surface area contributed by atoms with Crippen molar-refractivity contribution in [3.63, 3.8) is 0 Å². The largest absolute Gasteiger partial charge is 0.365 e. The van der Waals surface area contributed by atoms with Crippen molar-refractivity contribution in [2.75, 3.05) is 0 Å². The van der Waals surface area contributed by atoms with E-state index in [9.17, 15) is 13.2 Å². The zero-order valence-corrected chi connectivity index (χ0v) is 15.7. The molecule has 1 N–H and O–H groups in total. The fourth-order valence-corrected chi connectivity index (χ4v) is 4.60. The van der Waals surface area contributed by atoms with Crippen LogP contribution in [0.5, 0.6) is 0 Å². The van der Waals surface area contributed by atoms with Gasteiger partial charge in [-0.15, -0.1) is 0 Å². The number of benzene rings is 1. The first-order valence-electron chi connectivity index (χ1n) is 9.02. The van der Waals surface area contributed by atoms with E-state index in [1.165, 1.54) is 25.1 Å². The third-order valence-corrected chi connectivity index (χ3v) is 6.14. The topological polar surface area (TPSA) is 85.4 Å². The number of hydrogen-bond donors (Lipinski definition) is 1. The zero-order valence-electron chi connectivity index (χ0n) is 14.8. The molecule has 1 saturated carbocycles. The number of nitrogens with zero attached hydrogens (tertiary/aromatic N) is 1. The number of rotatable bonds is 5. The second-order valence-electron chi connectivity index (χ2n) is 6.71. The standard InChI is InChI=1S/C19H24N2O4S/c1-14(25-16-8-4-2-3-5-9-16)19(22)21-26(23,24)18-10-6-7-15-13-20-12-11-17(15)18/h6-7,10-14,16H,2-5,8-9H2,1H3,(H,21,22)/t14-/m0/s1. The van der Waals surface area contributed by atoms with Gasteiger partial charge < -0.3 is 4.74 Å². The van der Waals surface area contributed by atoms with E-state index in [0.717, 1.165) is 25.7 Å². The van der Waals surface area contributed by atoms with Gasteiger partial charge in [-0.3, -0.25) is 9.78 Å². The Morgan fingerprint density at radius 2 is 1.92 bits per heavy atom. The van der Waals surface area contributed by atoms with Crippen LogP contribution in [0.25, 0.3) is 10.8 Å². The quantitative estimate of drug-likeness (QED) is 0.810. The monoisotopic (exact) mass is 376 g/mol. The number of amides is 1. The minimum absolute atomic E-state index is 0.0181. The maximum Gasteiger partial charge on any atom is 0.264 e. The third kappa shape index (κ3) is 4.40. The molecule has 2 aromatic rings. The van der Waals surface area contributed by atoms with Gasteiger partial charge in [-0.2, -0.15) is 0 Å². The summed E-state index contributed by atoms with van der Waals surface area (Å²) in [6.07, 6.45) is 8.70. The lowest BCUT2D eigenvalue weighted by Gasteiger charge is -2.20. The van der Waals surface area contributed by atoms with Gasteiger partial charge in [0.15, 0.2) is 0 Å². The molecule has 0 spiro atoms. The maximum atomic E-state index is 12.7. The average molecular weight is 376 g/mol. The molecule has 1 fully saturated rings. The van der Waals surface area contributed by atoms with Crippen LogP contribution in [0.4, 0.5) is 0 Å². The highest BCUT2D eigenvalue weighted by atomic mass is 32.2. The van der Waals surface area contributed by atoms with Crippen LogP contribution in [0.15, 0.2) is 41.6 Å². The summed E-state index contributed by atoms with van der Waals surface area (Å²) >= 11 is 0. The van der Waals surface area contributed by atoms with Gasteiger partial charge in [0.1, 0.15) is 6.10 Å². The molecule has 0 saturated heterocycles. The molecular formula is C19H24N2O4S. The van der Waals surface area contributed by atoms with Gasteiger partial charge in [-0.05, 0) is 31.9 Å². The Bertz CT molecular complexity index is 869. The van der Waals surface area contributed by atoms with Gasteiger partial charge in [0.25, 0.3) is 15.9 Å². The number of sulfonamides is 1. The number of nitrogens with one attached hydrogen (secondary N) is 1. The Morgan fingerprint density at radius 3 is 2.65 bits per heavy atom. The van der Waals surface area contributed by atoms with Gasteiger partial charge in [-0.1, -0.05) is 37.8 Å². The van der Waals surface area contributed by atoms with Gasteiger partial charge >= 0.3 is 0 Å². The highest BCUT2D eigenvalue weighted by Gasteiger charge is 2.26. The molecule has 1 amide bonds. The van der Waals surface area contributed by atoms with Crippen molar-refractivity contribution in [2.24, 2.45) is 0 Å². The lowest BCUT2D eigenvalue weighted by Crippen LogP contribution is -2.40. The van der Waals surface area contributed by atoms with Crippen LogP contribution in [0.1, 0.15) is 45.4 Å². The molecule has 1 aliphatic rings. The zero-order chi connectivity index (χ0) is 18.6. The minimum Gasteiger partial charge on any atom is -0.365 e. The fraction of sp³-hybridized carbons (Fsp3) is 0.474. The van der Waals surface area contributed by atoms with E-state index in [2.05, 4.69) is 9.71 Å². The predicted molar refractivity (Wildman–Crippen MR) is 99.1 cm³/mol. The van der Waals surface area contributed by atoms with Crippen LogP contribution >= 0.6 is 0 Å². The van der Waals surface area contributed by atoms with E-state index in [-0.39, 0.29) is 11.0 Å². The molecule has 0 aliphatic heterocycles. The maximum absolute atomic E-state index is 12.7. The van der Waals surface area contributed by atoms with Crippen molar-refractivity contribution in [1.82, 2.24) is 9.71 Å². The van der Waals surface area contributed by atoms with Crippen molar-refractivity contribution in [3.05, 3.63) is 36.7 Å². The summed E-state index contributed by atoms with van der Waals surface area (Å²) in [5, 5.41) is 1.23. The second kappa shape index (κ2) is 8.14. The third-order valence-electron chi connectivity index (χ3n) is 4.73. The Morgan fingerprint density at radius 1 is 1.19 bits per heavy atom. The molecular weight excluding hydrogens is 352 g/mol. The number of fused-ring (bicyclic) bond motifs is 1. The summed E-state index contributed by atoms with van der Waals surface area (Å²) in [5.41, 5.74) is 0. The van der Waals surface area contributed by atoms with Gasteiger partial charge in [0, 0.05) is 23.2 Å². The van der Waals surface area contributed by atoms with Crippen LogP contribution in [0.3, 0.4) is 0 Å². The molecule has 6 nitrogen and oxygen atoms in total. The summed E-state index contributed by atoms with van der Waals surface area (Å²) in [7, 11) is -3.99. The number of carbonyl (C=O) groups is 1. The summed E-state index contributed by atoms with van der Waals surface area (Å²) < 4.78 is 33.4.